The van der Waals surface area contributed by atoms with E-state index in [9.17, 15) is 14.4 Å². The maximum absolute atomic E-state index is 11.1. The topological polar surface area (TPSA) is 103 Å². The lowest BCUT2D eigenvalue weighted by Crippen LogP contribution is -2.37. The molecule has 0 radical (unpaired) electrons. The summed E-state index contributed by atoms with van der Waals surface area (Å²) >= 11 is 0. The molecule has 1 aromatic carbocycles. The largest absolute Gasteiger partial charge is 0.480 e. The molecule has 136 valence electrons. The van der Waals surface area contributed by atoms with Gasteiger partial charge in [0.1, 0.15) is 6.04 Å². The van der Waals surface area contributed by atoms with E-state index in [1.165, 1.54) is 4.90 Å². The molecule has 0 saturated carbocycles. The molecule has 0 saturated heterocycles. The minimum Gasteiger partial charge on any atom is -0.480 e. The van der Waals surface area contributed by atoms with Gasteiger partial charge in [0.25, 0.3) is 0 Å². The third kappa shape index (κ3) is 4.35. The third-order valence-corrected chi connectivity index (χ3v) is 3.95. The fourth-order valence-electron chi connectivity index (χ4n) is 2.49. The van der Waals surface area contributed by atoms with Gasteiger partial charge in [-0.2, -0.15) is 0 Å². The summed E-state index contributed by atoms with van der Waals surface area (Å²) < 4.78 is 0. The number of aliphatic carboxylic acids is 1. The number of hydrogen-bond donors (Lipinski definition) is 2. The van der Waals surface area contributed by atoms with Crippen LogP contribution in [-0.2, 0) is 20.8 Å². The van der Waals surface area contributed by atoms with Gasteiger partial charge in [0.15, 0.2) is 5.82 Å². The van der Waals surface area contributed by atoms with Gasteiger partial charge in [-0.3, -0.25) is 9.59 Å². The number of rotatable bonds is 9. The highest BCUT2D eigenvalue weighted by Gasteiger charge is 2.17. The Morgan fingerprint density at radius 2 is 1.92 bits per heavy atom. The van der Waals surface area contributed by atoms with Gasteiger partial charge in [-0.15, -0.1) is 0 Å². The Balaban J connectivity index is 2.22. The number of aromatic nitrogens is 1. The van der Waals surface area contributed by atoms with Crippen LogP contribution in [0.1, 0.15) is 5.56 Å². The Labute approximate surface area is 151 Å². The van der Waals surface area contributed by atoms with Crippen LogP contribution in [-0.4, -0.2) is 49.0 Å². The Kier molecular flexibility index (Phi) is 6.26. The van der Waals surface area contributed by atoms with Crippen LogP contribution in [0, 0.1) is 0 Å². The number of nitrogens with zero attached hydrogens (tertiary/aromatic N) is 3. The van der Waals surface area contributed by atoms with Crippen molar-refractivity contribution in [3.8, 4) is 0 Å². The molecule has 1 atom stereocenters. The summed E-state index contributed by atoms with van der Waals surface area (Å²) in [6, 6.07) is 9.81. The lowest BCUT2D eigenvalue weighted by molar-refractivity contribution is -0.140. The van der Waals surface area contributed by atoms with Gasteiger partial charge in [-0.25, -0.2) is 9.78 Å². The highest BCUT2D eigenvalue weighted by molar-refractivity contribution is 5.83. The highest BCUT2D eigenvalue weighted by Crippen LogP contribution is 2.30. The molecule has 2 N–H and O–H groups in total. The normalized spacial score (nSPS) is 11.3. The number of carbonyl (C=O) groups is 3. The SMILES string of the molecule is CN(C=O)c1cccnc1N(C)c1ccc(C[C@H](NC=O)C(=O)O)cc1. The molecule has 0 spiro atoms. The van der Waals surface area contributed by atoms with Crippen molar-refractivity contribution < 1.29 is 19.5 Å². The second kappa shape index (κ2) is 8.61. The van der Waals surface area contributed by atoms with Crippen LogP contribution in [0.25, 0.3) is 0 Å². The van der Waals surface area contributed by atoms with E-state index >= 15 is 0 Å². The summed E-state index contributed by atoms with van der Waals surface area (Å²) in [6.07, 6.45) is 2.92. The van der Waals surface area contributed by atoms with Crippen LogP contribution >= 0.6 is 0 Å². The summed E-state index contributed by atoms with van der Waals surface area (Å²) in [4.78, 5) is 40.3. The van der Waals surface area contributed by atoms with Gasteiger partial charge in [0, 0.05) is 32.4 Å². The van der Waals surface area contributed by atoms with Crippen molar-refractivity contribution in [2.75, 3.05) is 23.9 Å². The molecule has 8 heteroatoms. The fourth-order valence-corrected chi connectivity index (χ4v) is 2.49. The lowest BCUT2D eigenvalue weighted by atomic mass is 10.1. The van der Waals surface area contributed by atoms with Gasteiger partial charge >= 0.3 is 5.97 Å². The molecule has 8 nitrogen and oxygen atoms in total. The third-order valence-electron chi connectivity index (χ3n) is 3.95. The van der Waals surface area contributed by atoms with Crippen molar-refractivity contribution in [2.24, 2.45) is 0 Å². The zero-order valence-electron chi connectivity index (χ0n) is 14.5. The van der Waals surface area contributed by atoms with Gasteiger partial charge in [0.05, 0.1) is 5.69 Å². The molecule has 2 aromatic rings. The predicted octanol–water partition coefficient (Wildman–Crippen LogP) is 1.18. The molecule has 1 aromatic heterocycles. The molecule has 0 unspecified atom stereocenters. The van der Waals surface area contributed by atoms with E-state index in [0.29, 0.717) is 24.3 Å². The smallest absolute Gasteiger partial charge is 0.326 e. The second-order valence-electron chi connectivity index (χ2n) is 5.67. The maximum atomic E-state index is 11.1. The standard InChI is InChI=1S/C18H20N4O4/c1-21(12-24)16-4-3-9-19-17(16)22(2)14-7-5-13(6-8-14)10-15(18(25)26)20-11-23/h3-9,11-12,15H,10H2,1-2H3,(H,20,23)(H,25,26)/t15-/m0/s1. The van der Waals surface area contributed by atoms with Crippen LogP contribution in [0.4, 0.5) is 17.2 Å². The van der Waals surface area contributed by atoms with Crippen molar-refractivity contribution in [1.82, 2.24) is 10.3 Å². The first-order valence-electron chi connectivity index (χ1n) is 7.86. The summed E-state index contributed by atoms with van der Waals surface area (Å²) in [7, 11) is 3.48. The quantitative estimate of drug-likeness (QED) is 0.654. The summed E-state index contributed by atoms with van der Waals surface area (Å²) in [6.45, 7) is 0. The number of anilines is 3. The van der Waals surface area contributed by atoms with Crippen molar-refractivity contribution in [3.63, 3.8) is 0 Å². The highest BCUT2D eigenvalue weighted by atomic mass is 16.4. The first-order chi connectivity index (χ1) is 12.5. The number of amides is 2. The molecule has 26 heavy (non-hydrogen) atoms. The molecule has 2 amide bonds. The Morgan fingerprint density at radius 1 is 1.23 bits per heavy atom. The number of carboxylic acid groups (broad SMARTS) is 1. The molecule has 1 heterocycles. The van der Waals surface area contributed by atoms with Crippen LogP contribution in [0.2, 0.25) is 0 Å². The summed E-state index contributed by atoms with van der Waals surface area (Å²) in [5.41, 5.74) is 2.26. The zero-order chi connectivity index (χ0) is 19.1. The van der Waals surface area contributed by atoms with E-state index in [1.807, 2.05) is 24.1 Å². The van der Waals surface area contributed by atoms with Crippen LogP contribution in [0.5, 0.6) is 0 Å². The minimum absolute atomic E-state index is 0.181. The van der Waals surface area contributed by atoms with Crippen LogP contribution in [0.3, 0.4) is 0 Å². The van der Waals surface area contributed by atoms with Gasteiger partial charge in [0.2, 0.25) is 12.8 Å². The molecule has 0 aliphatic heterocycles. The monoisotopic (exact) mass is 356 g/mol. The van der Waals surface area contributed by atoms with Gasteiger partial charge < -0.3 is 20.2 Å². The van der Waals surface area contributed by atoms with E-state index in [4.69, 9.17) is 5.11 Å². The van der Waals surface area contributed by atoms with E-state index < -0.39 is 12.0 Å². The second-order valence-corrected chi connectivity index (χ2v) is 5.67. The predicted molar refractivity (Wildman–Crippen MR) is 97.5 cm³/mol. The first kappa shape index (κ1) is 18.9. The van der Waals surface area contributed by atoms with Crippen molar-refractivity contribution in [1.29, 1.82) is 0 Å². The van der Waals surface area contributed by atoms with Gasteiger partial charge in [-0.1, -0.05) is 12.1 Å². The molecule has 0 aliphatic rings. The minimum atomic E-state index is -1.09. The molecule has 0 fully saturated rings. The van der Waals surface area contributed by atoms with E-state index in [-0.39, 0.29) is 6.42 Å². The average molecular weight is 356 g/mol. The van der Waals surface area contributed by atoms with E-state index in [2.05, 4.69) is 10.3 Å². The Morgan fingerprint density at radius 3 is 2.50 bits per heavy atom. The van der Waals surface area contributed by atoms with Crippen molar-refractivity contribution in [2.45, 2.75) is 12.5 Å². The number of pyridine rings is 1. The van der Waals surface area contributed by atoms with Crippen molar-refractivity contribution >= 4 is 36.0 Å². The molecule has 2 rings (SSSR count). The number of benzene rings is 1. The number of carbonyl (C=O) groups excluding carboxylic acids is 2. The number of carboxylic acids is 1. The fraction of sp³-hybridized carbons (Fsp3) is 0.222. The van der Waals surface area contributed by atoms with Gasteiger partial charge in [-0.05, 0) is 29.8 Å². The Hall–Kier alpha value is -3.42. The Bertz CT molecular complexity index is 779. The summed E-state index contributed by atoms with van der Waals surface area (Å²) in [5.74, 6) is -0.478. The maximum Gasteiger partial charge on any atom is 0.326 e. The summed E-state index contributed by atoms with van der Waals surface area (Å²) in [5, 5.41) is 11.4. The first-order valence-corrected chi connectivity index (χ1v) is 7.86. The van der Waals surface area contributed by atoms with Crippen LogP contribution in [0.15, 0.2) is 42.6 Å². The molecule has 0 bridgehead atoms. The van der Waals surface area contributed by atoms with Crippen LogP contribution < -0.4 is 15.1 Å². The average Bonchev–Trinajstić information content (AvgIpc) is 2.67. The molecular weight excluding hydrogens is 336 g/mol. The molecular formula is C18H20N4O4. The number of nitrogens with one attached hydrogen (secondary N) is 1. The number of hydrogen-bond acceptors (Lipinski definition) is 5. The van der Waals surface area contributed by atoms with E-state index in [1.54, 1.807) is 37.5 Å². The zero-order valence-corrected chi connectivity index (χ0v) is 14.5. The lowest BCUT2D eigenvalue weighted by Gasteiger charge is -2.24. The van der Waals surface area contributed by atoms with E-state index in [0.717, 1.165) is 11.3 Å². The van der Waals surface area contributed by atoms with Crippen molar-refractivity contribution in [3.05, 3.63) is 48.2 Å². The molecule has 0 aliphatic carbocycles.